The molecule has 12 heteroatoms. The highest BCUT2D eigenvalue weighted by Crippen LogP contribution is 2.33. The number of nitrogens with zero attached hydrogens (tertiary/aromatic N) is 2. The van der Waals surface area contributed by atoms with Crippen LogP contribution in [0.5, 0.6) is 0 Å². The highest BCUT2D eigenvalue weighted by Gasteiger charge is 2.37. The van der Waals surface area contributed by atoms with E-state index in [4.69, 9.17) is 0 Å². The molecule has 0 unspecified atom stereocenters. The van der Waals surface area contributed by atoms with Crippen LogP contribution in [-0.2, 0) is 31.5 Å². The maximum absolute atomic E-state index is 14.1. The SMILES string of the molecule is Cc1c(-c2ccc(C[C@H](NC(=O)c3c(F)cccc3C(F)(F)F)C(=O)O)cc2)c(=O)n(C)c(=O)n1C. The highest BCUT2D eigenvalue weighted by atomic mass is 19.4. The highest BCUT2D eigenvalue weighted by molar-refractivity contribution is 5.98. The molecule has 1 atom stereocenters. The zero-order valence-electron chi connectivity index (χ0n) is 19.3. The number of nitrogens with one attached hydrogen (secondary N) is 1. The van der Waals surface area contributed by atoms with E-state index in [0.717, 1.165) is 10.6 Å². The summed E-state index contributed by atoms with van der Waals surface area (Å²) in [6.07, 6.45) is -5.36. The van der Waals surface area contributed by atoms with Gasteiger partial charge in [-0.25, -0.2) is 14.0 Å². The average Bonchev–Trinajstić information content (AvgIpc) is 2.81. The topological polar surface area (TPSA) is 110 Å². The van der Waals surface area contributed by atoms with Crippen molar-refractivity contribution in [1.82, 2.24) is 14.5 Å². The van der Waals surface area contributed by atoms with Gasteiger partial charge in [-0.3, -0.25) is 14.2 Å². The van der Waals surface area contributed by atoms with Crippen LogP contribution < -0.4 is 16.6 Å². The van der Waals surface area contributed by atoms with Crippen LogP contribution in [-0.4, -0.2) is 32.2 Å². The normalized spacial score (nSPS) is 12.3. The number of hydrogen-bond acceptors (Lipinski definition) is 4. The minimum Gasteiger partial charge on any atom is -0.480 e. The summed E-state index contributed by atoms with van der Waals surface area (Å²) >= 11 is 0. The van der Waals surface area contributed by atoms with Crippen molar-refractivity contribution in [3.8, 4) is 11.1 Å². The number of hydrogen-bond donors (Lipinski definition) is 2. The van der Waals surface area contributed by atoms with Crippen LogP contribution in [0.2, 0.25) is 0 Å². The molecule has 0 fully saturated rings. The van der Waals surface area contributed by atoms with E-state index in [1.54, 1.807) is 6.92 Å². The van der Waals surface area contributed by atoms with E-state index in [-0.39, 0.29) is 12.0 Å². The van der Waals surface area contributed by atoms with E-state index in [2.05, 4.69) is 0 Å². The number of carbonyl (C=O) groups is 2. The molecule has 0 saturated heterocycles. The molecule has 2 N–H and O–H groups in total. The van der Waals surface area contributed by atoms with Gasteiger partial charge >= 0.3 is 17.8 Å². The predicted octanol–water partition coefficient (Wildman–Crippen LogP) is 2.64. The molecular formula is C24H21F4N3O5. The minimum absolute atomic E-state index is 0.258. The Labute approximate surface area is 201 Å². The second-order valence-electron chi connectivity index (χ2n) is 8.09. The molecule has 0 saturated carbocycles. The summed E-state index contributed by atoms with van der Waals surface area (Å²) in [4.78, 5) is 48.9. The first-order chi connectivity index (χ1) is 16.7. The Kier molecular flexibility index (Phi) is 7.18. The molecule has 1 amide bonds. The smallest absolute Gasteiger partial charge is 0.417 e. The quantitative estimate of drug-likeness (QED) is 0.499. The van der Waals surface area contributed by atoms with E-state index in [1.165, 1.54) is 42.9 Å². The molecule has 2 aromatic carbocycles. The molecule has 0 bridgehead atoms. The van der Waals surface area contributed by atoms with Crippen LogP contribution in [0.15, 0.2) is 52.1 Å². The number of halogens is 4. The molecule has 190 valence electrons. The Hall–Kier alpha value is -4.22. The molecule has 3 aromatic rings. The molecule has 0 radical (unpaired) electrons. The van der Waals surface area contributed by atoms with E-state index in [9.17, 15) is 41.8 Å². The Morgan fingerprint density at radius 3 is 2.19 bits per heavy atom. The van der Waals surface area contributed by atoms with Gasteiger partial charge in [0.15, 0.2) is 0 Å². The molecular weight excluding hydrogens is 486 g/mol. The maximum atomic E-state index is 14.1. The molecule has 1 heterocycles. The molecule has 1 aromatic heterocycles. The average molecular weight is 507 g/mol. The van der Waals surface area contributed by atoms with Gasteiger partial charge in [0.2, 0.25) is 0 Å². The van der Waals surface area contributed by atoms with Gasteiger partial charge < -0.3 is 15.0 Å². The van der Waals surface area contributed by atoms with Gasteiger partial charge in [0, 0.05) is 26.2 Å². The summed E-state index contributed by atoms with van der Waals surface area (Å²) in [7, 11) is 2.84. The van der Waals surface area contributed by atoms with Crippen LogP contribution in [0.4, 0.5) is 17.6 Å². The van der Waals surface area contributed by atoms with Crippen molar-refractivity contribution in [2.75, 3.05) is 0 Å². The third-order valence-corrected chi connectivity index (χ3v) is 5.79. The Balaban J connectivity index is 1.89. The Morgan fingerprint density at radius 1 is 1.03 bits per heavy atom. The van der Waals surface area contributed by atoms with Crippen molar-refractivity contribution < 1.29 is 32.3 Å². The second-order valence-corrected chi connectivity index (χ2v) is 8.09. The molecule has 36 heavy (non-hydrogen) atoms. The standard InChI is InChI=1S/C24H21F4N3O5/c1-12-18(21(33)31(3)23(36)30(12)2)14-9-7-13(8-10-14)11-17(22(34)35)29-20(32)19-15(24(26,27)28)5-4-6-16(19)25/h4-10,17H,11H2,1-3H3,(H,29,32)(H,34,35)/t17-/m0/s1. The van der Waals surface area contributed by atoms with Crippen molar-refractivity contribution in [1.29, 1.82) is 0 Å². The van der Waals surface area contributed by atoms with Crippen LogP contribution >= 0.6 is 0 Å². The summed E-state index contributed by atoms with van der Waals surface area (Å²) in [5.41, 5.74) is -2.36. The molecule has 3 rings (SSSR count). The number of carboxylic acids is 1. The third-order valence-electron chi connectivity index (χ3n) is 5.79. The monoisotopic (exact) mass is 507 g/mol. The fourth-order valence-electron chi connectivity index (χ4n) is 3.74. The van der Waals surface area contributed by atoms with E-state index in [0.29, 0.717) is 29.0 Å². The summed E-state index contributed by atoms with van der Waals surface area (Å²) in [5.74, 6) is -4.50. The number of aromatic nitrogens is 2. The maximum Gasteiger partial charge on any atom is 0.417 e. The number of amides is 1. The lowest BCUT2D eigenvalue weighted by molar-refractivity contribution is -0.139. The van der Waals surface area contributed by atoms with Crippen LogP contribution in [0.3, 0.4) is 0 Å². The Bertz CT molecular complexity index is 1460. The first kappa shape index (κ1) is 26.4. The van der Waals surface area contributed by atoms with Crippen LogP contribution in [0.25, 0.3) is 11.1 Å². The molecule has 0 aliphatic rings. The lowest BCUT2D eigenvalue weighted by Gasteiger charge is -2.18. The van der Waals surface area contributed by atoms with Crippen molar-refractivity contribution >= 4 is 11.9 Å². The number of alkyl halides is 3. The molecule has 0 spiro atoms. The fraction of sp³-hybridized carbons (Fsp3) is 0.250. The lowest BCUT2D eigenvalue weighted by atomic mass is 9.99. The molecule has 8 nitrogen and oxygen atoms in total. The van der Waals surface area contributed by atoms with E-state index in [1.807, 2.05) is 5.32 Å². The molecule has 0 aliphatic heterocycles. The minimum atomic E-state index is -5.03. The summed E-state index contributed by atoms with van der Waals surface area (Å²) in [6, 6.07) is 6.31. The molecule has 0 aliphatic carbocycles. The van der Waals surface area contributed by atoms with Gasteiger partial charge in [0.1, 0.15) is 11.9 Å². The van der Waals surface area contributed by atoms with Crippen LogP contribution in [0, 0.1) is 12.7 Å². The first-order valence-corrected chi connectivity index (χ1v) is 10.5. The van der Waals surface area contributed by atoms with Crippen LogP contribution in [0.1, 0.15) is 27.2 Å². The second kappa shape index (κ2) is 9.80. The van der Waals surface area contributed by atoms with E-state index < -0.39 is 52.3 Å². The Morgan fingerprint density at radius 2 is 1.64 bits per heavy atom. The zero-order chi connectivity index (χ0) is 26.9. The largest absolute Gasteiger partial charge is 0.480 e. The number of benzene rings is 2. The van der Waals surface area contributed by atoms with Gasteiger partial charge in [-0.15, -0.1) is 0 Å². The zero-order valence-corrected chi connectivity index (χ0v) is 19.3. The van der Waals surface area contributed by atoms with Gasteiger partial charge in [-0.05, 0) is 30.2 Å². The van der Waals surface area contributed by atoms with Crippen molar-refractivity contribution in [3.63, 3.8) is 0 Å². The van der Waals surface area contributed by atoms with Gasteiger partial charge in [0.25, 0.3) is 11.5 Å². The summed E-state index contributed by atoms with van der Waals surface area (Å²) in [6.45, 7) is 1.60. The summed E-state index contributed by atoms with van der Waals surface area (Å²) < 4.78 is 56.1. The van der Waals surface area contributed by atoms with Crippen molar-refractivity contribution in [2.45, 2.75) is 25.6 Å². The number of rotatable bonds is 6. The number of carbonyl (C=O) groups excluding carboxylic acids is 1. The lowest BCUT2D eigenvalue weighted by Crippen LogP contribution is -2.43. The summed E-state index contributed by atoms with van der Waals surface area (Å²) in [5, 5.41) is 11.5. The van der Waals surface area contributed by atoms with Gasteiger partial charge in [-0.2, -0.15) is 13.2 Å². The fourth-order valence-corrected chi connectivity index (χ4v) is 3.74. The number of aliphatic carboxylic acids is 1. The predicted molar refractivity (Wildman–Crippen MR) is 121 cm³/mol. The van der Waals surface area contributed by atoms with Gasteiger partial charge in [0.05, 0.1) is 16.7 Å². The van der Waals surface area contributed by atoms with E-state index >= 15 is 0 Å². The van der Waals surface area contributed by atoms with Crippen molar-refractivity contribution in [3.05, 3.63) is 91.5 Å². The van der Waals surface area contributed by atoms with Gasteiger partial charge in [-0.1, -0.05) is 30.3 Å². The first-order valence-electron chi connectivity index (χ1n) is 10.5. The number of carboxylic acid groups (broad SMARTS) is 1. The third kappa shape index (κ3) is 5.07. The van der Waals surface area contributed by atoms with Crippen molar-refractivity contribution in [2.24, 2.45) is 14.1 Å².